The Hall–Kier alpha value is -1.59. The van der Waals surface area contributed by atoms with Crippen molar-refractivity contribution in [1.29, 1.82) is 0 Å². The summed E-state index contributed by atoms with van der Waals surface area (Å²) in [5.74, 6) is -2.58. The Morgan fingerprint density at radius 3 is 2.47 bits per heavy atom. The number of carboxylic acids is 1. The highest BCUT2D eigenvalue weighted by Crippen LogP contribution is 2.30. The van der Waals surface area contributed by atoms with E-state index in [0.29, 0.717) is 12.8 Å². The summed E-state index contributed by atoms with van der Waals surface area (Å²) < 4.78 is 4.81. The first kappa shape index (κ1) is 13.5. The van der Waals surface area contributed by atoms with Crippen LogP contribution < -0.4 is 0 Å². The molecular weight excluding hydrogens is 226 g/mol. The van der Waals surface area contributed by atoms with E-state index in [9.17, 15) is 19.5 Å². The minimum atomic E-state index is -1.83. The van der Waals surface area contributed by atoms with E-state index in [4.69, 9.17) is 4.74 Å². The molecule has 1 saturated heterocycles. The first-order valence-corrected chi connectivity index (χ1v) is 5.65. The molecule has 1 atom stereocenters. The van der Waals surface area contributed by atoms with E-state index >= 15 is 0 Å². The quantitative estimate of drug-likeness (QED) is 0.573. The monoisotopic (exact) mass is 243 g/mol. The fourth-order valence-electron chi connectivity index (χ4n) is 2.18. The molecule has 17 heavy (non-hydrogen) atoms. The second-order valence-electron chi connectivity index (χ2n) is 4.01. The lowest BCUT2D eigenvalue weighted by atomic mass is 9.86. The molecule has 1 fully saturated rings. The first-order chi connectivity index (χ1) is 7.96. The largest absolute Gasteiger partial charge is 0.479 e. The van der Waals surface area contributed by atoms with Crippen molar-refractivity contribution in [1.82, 2.24) is 4.90 Å². The molecule has 0 saturated carbocycles. The Morgan fingerprint density at radius 1 is 1.35 bits per heavy atom. The van der Waals surface area contributed by atoms with Crippen molar-refractivity contribution in [2.45, 2.75) is 38.6 Å². The molecule has 1 aliphatic heterocycles. The van der Waals surface area contributed by atoms with Crippen LogP contribution in [-0.2, 0) is 19.1 Å². The Labute approximate surface area is 99.5 Å². The van der Waals surface area contributed by atoms with Crippen LogP contribution in [0.4, 0.5) is 0 Å². The van der Waals surface area contributed by atoms with E-state index in [1.54, 1.807) is 6.92 Å². The van der Waals surface area contributed by atoms with Crippen molar-refractivity contribution in [3.05, 3.63) is 0 Å². The number of esters is 1. The van der Waals surface area contributed by atoms with Crippen molar-refractivity contribution in [2.24, 2.45) is 0 Å². The molecule has 1 heterocycles. The number of piperidine rings is 1. The number of likely N-dealkylation sites (tertiary alicyclic amines) is 1. The number of ether oxygens (including phenoxy) is 1. The summed E-state index contributed by atoms with van der Waals surface area (Å²) in [5, 5.41) is 9.31. The van der Waals surface area contributed by atoms with Gasteiger partial charge in [0.25, 0.3) is 0 Å². The van der Waals surface area contributed by atoms with E-state index < -0.39 is 23.4 Å². The van der Waals surface area contributed by atoms with Crippen LogP contribution in [0.5, 0.6) is 0 Å². The average Bonchev–Trinajstić information content (AvgIpc) is 2.28. The van der Waals surface area contributed by atoms with Crippen molar-refractivity contribution in [3.63, 3.8) is 0 Å². The summed E-state index contributed by atoms with van der Waals surface area (Å²) in [5.41, 5.74) is -1.83. The summed E-state index contributed by atoms with van der Waals surface area (Å²) in [7, 11) is 0. The Morgan fingerprint density at radius 2 is 2.00 bits per heavy atom. The predicted molar refractivity (Wildman–Crippen MR) is 58.2 cm³/mol. The molecule has 0 aliphatic carbocycles. The SMILES string of the molecule is CCOC(=O)[C@@]1(C(=O)O)CCCCN1C(C)=O. The lowest BCUT2D eigenvalue weighted by molar-refractivity contribution is -0.178. The number of aliphatic carboxylic acids is 1. The number of carboxylic acid groups (broad SMARTS) is 1. The van der Waals surface area contributed by atoms with Gasteiger partial charge in [0, 0.05) is 13.5 Å². The van der Waals surface area contributed by atoms with Crippen molar-refractivity contribution < 1.29 is 24.2 Å². The van der Waals surface area contributed by atoms with Gasteiger partial charge >= 0.3 is 11.9 Å². The van der Waals surface area contributed by atoms with Crippen LogP contribution >= 0.6 is 0 Å². The highest BCUT2D eigenvalue weighted by atomic mass is 16.5. The lowest BCUT2D eigenvalue weighted by Crippen LogP contribution is -2.64. The van der Waals surface area contributed by atoms with E-state index in [-0.39, 0.29) is 19.6 Å². The highest BCUT2D eigenvalue weighted by molar-refractivity contribution is 6.07. The molecule has 0 aromatic heterocycles. The first-order valence-electron chi connectivity index (χ1n) is 5.65. The molecule has 96 valence electrons. The third kappa shape index (κ3) is 2.25. The van der Waals surface area contributed by atoms with Gasteiger partial charge in [-0.3, -0.25) is 4.79 Å². The molecule has 6 nitrogen and oxygen atoms in total. The second-order valence-corrected chi connectivity index (χ2v) is 4.01. The lowest BCUT2D eigenvalue weighted by Gasteiger charge is -2.41. The molecule has 0 aromatic carbocycles. The Kier molecular flexibility index (Phi) is 4.09. The number of carbonyl (C=O) groups is 3. The molecule has 0 unspecified atom stereocenters. The van der Waals surface area contributed by atoms with Crippen LogP contribution in [0.2, 0.25) is 0 Å². The normalized spacial score (nSPS) is 24.2. The van der Waals surface area contributed by atoms with E-state index in [1.165, 1.54) is 6.92 Å². The summed E-state index contributed by atoms with van der Waals surface area (Å²) in [6.45, 7) is 3.25. The fraction of sp³-hybridized carbons (Fsp3) is 0.727. The Bertz CT molecular complexity index is 341. The molecule has 1 amide bonds. The van der Waals surface area contributed by atoms with Crippen molar-refractivity contribution in [3.8, 4) is 0 Å². The third-order valence-corrected chi connectivity index (χ3v) is 2.98. The van der Waals surface area contributed by atoms with Gasteiger partial charge in [-0.1, -0.05) is 0 Å². The number of carbonyl (C=O) groups excluding carboxylic acids is 2. The summed E-state index contributed by atoms with van der Waals surface area (Å²) in [6.07, 6.45) is 1.41. The van der Waals surface area contributed by atoms with Gasteiger partial charge in [-0.2, -0.15) is 0 Å². The zero-order valence-corrected chi connectivity index (χ0v) is 10.1. The maximum Gasteiger partial charge on any atom is 0.343 e. The predicted octanol–water partition coefficient (Wildman–Crippen LogP) is 0.405. The molecule has 1 aliphatic rings. The molecule has 0 spiro atoms. The van der Waals surface area contributed by atoms with Gasteiger partial charge in [0.1, 0.15) is 0 Å². The summed E-state index contributed by atoms with van der Waals surface area (Å²) in [4.78, 5) is 35.9. The number of nitrogens with zero attached hydrogens (tertiary/aromatic N) is 1. The maximum atomic E-state index is 11.9. The van der Waals surface area contributed by atoms with Crippen LogP contribution in [0.1, 0.15) is 33.1 Å². The van der Waals surface area contributed by atoms with Gasteiger partial charge in [0.05, 0.1) is 6.61 Å². The standard InChI is InChI=1S/C11H17NO5/c1-3-17-10(16)11(9(14)15)6-4-5-7-12(11)8(2)13/h3-7H2,1-2H3,(H,14,15)/t11-/m0/s1. The van der Waals surface area contributed by atoms with Gasteiger partial charge in [-0.15, -0.1) is 0 Å². The van der Waals surface area contributed by atoms with Crippen molar-refractivity contribution >= 4 is 17.8 Å². The van der Waals surface area contributed by atoms with Gasteiger partial charge < -0.3 is 14.7 Å². The van der Waals surface area contributed by atoms with Gasteiger partial charge in [-0.05, 0) is 26.2 Å². The van der Waals surface area contributed by atoms with Gasteiger partial charge in [0.2, 0.25) is 11.4 Å². The van der Waals surface area contributed by atoms with Crippen molar-refractivity contribution in [2.75, 3.05) is 13.2 Å². The molecule has 1 N–H and O–H groups in total. The molecule has 0 bridgehead atoms. The smallest absolute Gasteiger partial charge is 0.343 e. The van der Waals surface area contributed by atoms with Crippen LogP contribution in [0.3, 0.4) is 0 Å². The van der Waals surface area contributed by atoms with Crippen LogP contribution in [0.25, 0.3) is 0 Å². The molecule has 1 rings (SSSR count). The average molecular weight is 243 g/mol. The number of hydrogen-bond acceptors (Lipinski definition) is 4. The van der Waals surface area contributed by atoms with E-state index in [1.807, 2.05) is 0 Å². The summed E-state index contributed by atoms with van der Waals surface area (Å²) in [6, 6.07) is 0. The molecular formula is C11H17NO5. The summed E-state index contributed by atoms with van der Waals surface area (Å²) >= 11 is 0. The third-order valence-electron chi connectivity index (χ3n) is 2.98. The van der Waals surface area contributed by atoms with E-state index in [0.717, 1.165) is 4.90 Å². The second kappa shape index (κ2) is 5.16. The van der Waals surface area contributed by atoms with Crippen LogP contribution in [-0.4, -0.2) is 46.5 Å². The van der Waals surface area contributed by atoms with Gasteiger partial charge in [-0.25, -0.2) is 9.59 Å². The van der Waals surface area contributed by atoms with Crippen LogP contribution in [0, 0.1) is 0 Å². The number of rotatable bonds is 3. The fourth-order valence-corrected chi connectivity index (χ4v) is 2.18. The highest BCUT2D eigenvalue weighted by Gasteiger charge is 2.54. The molecule has 0 radical (unpaired) electrons. The maximum absolute atomic E-state index is 11.9. The minimum absolute atomic E-state index is 0.0968. The van der Waals surface area contributed by atoms with Gasteiger partial charge in [0.15, 0.2) is 0 Å². The van der Waals surface area contributed by atoms with E-state index in [2.05, 4.69) is 0 Å². The molecule has 0 aromatic rings. The number of amides is 1. The minimum Gasteiger partial charge on any atom is -0.479 e. The zero-order valence-electron chi connectivity index (χ0n) is 10.1. The van der Waals surface area contributed by atoms with Crippen LogP contribution in [0.15, 0.2) is 0 Å². The number of hydrogen-bond donors (Lipinski definition) is 1. The zero-order chi connectivity index (χ0) is 13.1. The molecule has 6 heteroatoms. The Balaban J connectivity index is 3.14. The topological polar surface area (TPSA) is 83.9 Å².